The minimum Gasteiger partial charge on any atom is -0.493 e. The molecule has 0 saturated heterocycles. The molecule has 2 atom stereocenters. The van der Waals surface area contributed by atoms with Crippen molar-refractivity contribution in [3.63, 3.8) is 0 Å². The highest BCUT2D eigenvalue weighted by molar-refractivity contribution is 5.93. The number of carboxylic acid groups (broad SMARTS) is 1. The lowest BCUT2D eigenvalue weighted by Crippen LogP contribution is -2.77. The van der Waals surface area contributed by atoms with Crippen LogP contribution in [0.3, 0.4) is 0 Å². The van der Waals surface area contributed by atoms with Crippen molar-refractivity contribution in [1.82, 2.24) is 5.32 Å². The Kier molecular flexibility index (Phi) is 5.79. The maximum Gasteiger partial charge on any atom is 0.353 e. The van der Waals surface area contributed by atoms with Crippen LogP contribution in [0, 0.1) is 5.41 Å². The molecule has 0 aromatic heterocycles. The molecule has 8 heteroatoms. The Balaban J connectivity index is 2.33. The summed E-state index contributed by atoms with van der Waals surface area (Å²) >= 11 is 0. The van der Waals surface area contributed by atoms with Gasteiger partial charge in [0.15, 0.2) is 0 Å². The van der Waals surface area contributed by atoms with Crippen LogP contribution < -0.4 is 10.1 Å². The molecular formula is C19H25F2NO5. The van der Waals surface area contributed by atoms with Crippen molar-refractivity contribution in [3.8, 4) is 5.75 Å². The summed E-state index contributed by atoms with van der Waals surface area (Å²) in [6, 6.07) is 5.31. The highest BCUT2D eigenvalue weighted by atomic mass is 19.3. The molecular weight excluding hydrogens is 360 g/mol. The van der Waals surface area contributed by atoms with Crippen LogP contribution in [0.5, 0.6) is 5.75 Å². The van der Waals surface area contributed by atoms with Crippen LogP contribution >= 0.6 is 0 Å². The number of carbonyl (C=O) groups is 2. The number of carboxylic acids is 1. The summed E-state index contributed by atoms with van der Waals surface area (Å²) in [7, 11) is 0. The zero-order chi connectivity index (χ0) is 20.5. The minimum atomic E-state index is -3.96. The van der Waals surface area contributed by atoms with E-state index in [1.807, 2.05) is 0 Å². The highest BCUT2D eigenvalue weighted by Gasteiger charge is 2.67. The summed E-state index contributed by atoms with van der Waals surface area (Å²) in [5.41, 5.74) is -3.50. The first-order valence-corrected chi connectivity index (χ1v) is 8.82. The molecule has 1 aliphatic rings. The van der Waals surface area contributed by atoms with Crippen molar-refractivity contribution in [2.75, 3.05) is 13.2 Å². The Labute approximate surface area is 156 Å². The third kappa shape index (κ3) is 3.38. The number of amides is 1. The van der Waals surface area contributed by atoms with Gasteiger partial charge in [-0.15, -0.1) is 0 Å². The van der Waals surface area contributed by atoms with E-state index in [2.05, 4.69) is 5.32 Å². The second-order valence-electron chi connectivity index (χ2n) is 7.04. The normalized spacial score (nSPS) is 24.0. The number of hydrogen-bond donors (Lipinski definition) is 2. The SMILES string of the molecule is CCOc1ccccc1C(F)(F)C(=O)NC1(C(=O)O)CC(OCC)C1(C)C. The van der Waals surface area contributed by atoms with Crippen LogP contribution in [0.1, 0.15) is 39.7 Å². The number of ether oxygens (including phenoxy) is 2. The molecule has 1 amide bonds. The Bertz CT molecular complexity index is 722. The summed E-state index contributed by atoms with van der Waals surface area (Å²) in [5, 5.41) is 11.8. The smallest absolute Gasteiger partial charge is 0.353 e. The summed E-state index contributed by atoms with van der Waals surface area (Å²) in [4.78, 5) is 24.4. The van der Waals surface area contributed by atoms with E-state index in [-0.39, 0.29) is 18.8 Å². The minimum absolute atomic E-state index is 0.0852. The third-order valence-electron chi connectivity index (χ3n) is 5.27. The lowest BCUT2D eigenvalue weighted by atomic mass is 9.54. The Morgan fingerprint density at radius 3 is 2.41 bits per heavy atom. The van der Waals surface area contributed by atoms with Crippen LogP contribution in [-0.2, 0) is 20.2 Å². The van der Waals surface area contributed by atoms with E-state index in [0.29, 0.717) is 6.61 Å². The summed E-state index contributed by atoms with van der Waals surface area (Å²) in [5.74, 6) is -7.13. The second kappa shape index (κ2) is 7.42. The monoisotopic (exact) mass is 385 g/mol. The number of carbonyl (C=O) groups excluding carboxylic acids is 1. The number of halogens is 2. The number of alkyl halides is 2. The van der Waals surface area contributed by atoms with Crippen LogP contribution in [0.15, 0.2) is 24.3 Å². The van der Waals surface area contributed by atoms with Crippen LogP contribution in [0.4, 0.5) is 8.78 Å². The lowest BCUT2D eigenvalue weighted by Gasteiger charge is -2.58. The molecule has 1 aliphatic carbocycles. The van der Waals surface area contributed by atoms with Gasteiger partial charge in [0.1, 0.15) is 11.3 Å². The van der Waals surface area contributed by atoms with Gasteiger partial charge in [-0.1, -0.05) is 26.0 Å². The molecule has 0 radical (unpaired) electrons. The Morgan fingerprint density at radius 2 is 1.89 bits per heavy atom. The number of rotatable bonds is 8. The van der Waals surface area contributed by atoms with Crippen molar-refractivity contribution in [1.29, 1.82) is 0 Å². The number of benzene rings is 1. The summed E-state index contributed by atoms with van der Waals surface area (Å²) < 4.78 is 40.4. The fourth-order valence-corrected chi connectivity index (χ4v) is 3.44. The number of para-hydroxylation sites is 1. The van der Waals surface area contributed by atoms with Crippen molar-refractivity contribution >= 4 is 11.9 Å². The van der Waals surface area contributed by atoms with Crippen molar-refractivity contribution < 1.29 is 33.0 Å². The first-order chi connectivity index (χ1) is 12.5. The van der Waals surface area contributed by atoms with Gasteiger partial charge in [-0.2, -0.15) is 8.78 Å². The van der Waals surface area contributed by atoms with Crippen LogP contribution in [0.2, 0.25) is 0 Å². The van der Waals surface area contributed by atoms with E-state index in [4.69, 9.17) is 9.47 Å². The average Bonchev–Trinajstić information content (AvgIpc) is 2.60. The molecule has 2 unspecified atom stereocenters. The van der Waals surface area contributed by atoms with Gasteiger partial charge in [-0.3, -0.25) is 4.79 Å². The van der Waals surface area contributed by atoms with E-state index in [1.54, 1.807) is 27.7 Å². The zero-order valence-corrected chi connectivity index (χ0v) is 15.8. The van der Waals surface area contributed by atoms with Gasteiger partial charge in [0, 0.05) is 18.4 Å². The van der Waals surface area contributed by atoms with Gasteiger partial charge in [-0.25, -0.2) is 4.79 Å². The van der Waals surface area contributed by atoms with Crippen LogP contribution in [-0.4, -0.2) is 41.8 Å². The first-order valence-electron chi connectivity index (χ1n) is 8.82. The van der Waals surface area contributed by atoms with Crippen molar-refractivity contribution in [3.05, 3.63) is 29.8 Å². The van der Waals surface area contributed by atoms with Gasteiger partial charge >= 0.3 is 11.9 Å². The van der Waals surface area contributed by atoms with Gasteiger partial charge in [0.25, 0.3) is 5.91 Å². The molecule has 1 fully saturated rings. The Morgan fingerprint density at radius 1 is 1.26 bits per heavy atom. The molecule has 1 aromatic carbocycles. The zero-order valence-electron chi connectivity index (χ0n) is 15.8. The molecule has 27 heavy (non-hydrogen) atoms. The lowest BCUT2D eigenvalue weighted by molar-refractivity contribution is -0.199. The maximum atomic E-state index is 14.9. The van der Waals surface area contributed by atoms with Gasteiger partial charge in [-0.05, 0) is 26.0 Å². The molecule has 0 bridgehead atoms. The highest BCUT2D eigenvalue weighted by Crippen LogP contribution is 2.52. The van der Waals surface area contributed by atoms with Crippen molar-refractivity contribution in [2.24, 2.45) is 5.41 Å². The first kappa shape index (κ1) is 21.1. The standard InChI is InChI=1S/C19H25F2NO5/c1-5-26-13-10-8-7-9-12(13)19(20,21)15(23)22-18(16(24)25)11-14(27-6-2)17(18,3)4/h7-10,14H,5-6,11H2,1-4H3,(H,22,23)(H,24,25). The van der Waals surface area contributed by atoms with Gasteiger partial charge in [0.2, 0.25) is 0 Å². The number of aliphatic carboxylic acids is 1. The van der Waals surface area contributed by atoms with E-state index >= 15 is 0 Å². The van der Waals surface area contributed by atoms with Gasteiger partial charge < -0.3 is 19.9 Å². The molecule has 2 N–H and O–H groups in total. The third-order valence-corrected chi connectivity index (χ3v) is 5.27. The van der Waals surface area contributed by atoms with Crippen molar-refractivity contribution in [2.45, 2.75) is 51.7 Å². The van der Waals surface area contributed by atoms with E-state index in [1.165, 1.54) is 18.2 Å². The van der Waals surface area contributed by atoms with E-state index in [0.717, 1.165) is 6.07 Å². The number of nitrogens with one attached hydrogen (secondary N) is 1. The van der Waals surface area contributed by atoms with E-state index in [9.17, 15) is 23.5 Å². The van der Waals surface area contributed by atoms with Crippen LogP contribution in [0.25, 0.3) is 0 Å². The predicted octanol–water partition coefficient (Wildman–Crippen LogP) is 2.95. The Hall–Kier alpha value is -2.22. The molecule has 6 nitrogen and oxygen atoms in total. The summed E-state index contributed by atoms with van der Waals surface area (Å²) in [6.07, 6.45) is -0.541. The topological polar surface area (TPSA) is 84.9 Å². The molecule has 2 rings (SSSR count). The molecule has 150 valence electrons. The largest absolute Gasteiger partial charge is 0.493 e. The quantitative estimate of drug-likeness (QED) is 0.719. The predicted molar refractivity (Wildman–Crippen MR) is 93.8 cm³/mol. The average molecular weight is 385 g/mol. The molecule has 0 spiro atoms. The number of hydrogen-bond acceptors (Lipinski definition) is 4. The molecule has 0 heterocycles. The molecule has 1 saturated carbocycles. The maximum absolute atomic E-state index is 14.9. The summed E-state index contributed by atoms with van der Waals surface area (Å²) in [6.45, 7) is 7.06. The fourth-order valence-electron chi connectivity index (χ4n) is 3.44. The molecule has 0 aliphatic heterocycles. The second-order valence-corrected chi connectivity index (χ2v) is 7.04. The van der Waals surface area contributed by atoms with E-state index < -0.39 is 40.4 Å². The molecule has 1 aromatic rings. The van der Waals surface area contributed by atoms with Gasteiger partial charge in [0.05, 0.1) is 18.3 Å². The fraction of sp³-hybridized carbons (Fsp3) is 0.579.